The van der Waals surface area contributed by atoms with Gasteiger partial charge in [0.1, 0.15) is 5.82 Å². The van der Waals surface area contributed by atoms with Crippen molar-refractivity contribution in [1.29, 1.82) is 0 Å². The Bertz CT molecular complexity index is 934. The Balaban J connectivity index is 1.88. The SMILES string of the molecule is Cc1cc(F)ccc1S(=O)(=O)Nc1csc(-c2ccccc2)c1. The predicted molar refractivity (Wildman–Crippen MR) is 91.7 cm³/mol. The van der Waals surface area contributed by atoms with Crippen LogP contribution in [0.5, 0.6) is 0 Å². The summed E-state index contributed by atoms with van der Waals surface area (Å²) in [6.07, 6.45) is 0. The summed E-state index contributed by atoms with van der Waals surface area (Å²) in [4.78, 5) is 1.05. The first-order valence-corrected chi connectivity index (χ1v) is 9.25. The van der Waals surface area contributed by atoms with Gasteiger partial charge in [-0.2, -0.15) is 0 Å². The summed E-state index contributed by atoms with van der Waals surface area (Å²) in [6, 6.07) is 15.1. The Labute approximate surface area is 138 Å². The summed E-state index contributed by atoms with van der Waals surface area (Å²) < 4.78 is 40.6. The second kappa shape index (κ2) is 6.14. The van der Waals surface area contributed by atoms with Gasteiger partial charge >= 0.3 is 0 Å². The number of benzene rings is 2. The molecule has 0 aliphatic rings. The van der Waals surface area contributed by atoms with Crippen molar-refractivity contribution in [3.05, 3.63) is 71.4 Å². The van der Waals surface area contributed by atoms with Crippen LogP contribution < -0.4 is 4.72 Å². The smallest absolute Gasteiger partial charge is 0.262 e. The van der Waals surface area contributed by atoms with E-state index in [1.165, 1.54) is 23.5 Å². The van der Waals surface area contributed by atoms with Crippen LogP contribution in [0.2, 0.25) is 0 Å². The maximum absolute atomic E-state index is 13.1. The molecule has 118 valence electrons. The molecule has 2 aromatic carbocycles. The van der Waals surface area contributed by atoms with Crippen molar-refractivity contribution < 1.29 is 12.8 Å². The number of halogens is 1. The average Bonchev–Trinajstić information content (AvgIpc) is 2.95. The van der Waals surface area contributed by atoms with E-state index in [0.717, 1.165) is 16.5 Å². The quantitative estimate of drug-likeness (QED) is 0.746. The molecule has 0 aliphatic carbocycles. The van der Waals surface area contributed by atoms with Gasteiger partial charge in [0.05, 0.1) is 10.6 Å². The fourth-order valence-electron chi connectivity index (χ4n) is 2.27. The van der Waals surface area contributed by atoms with Gasteiger partial charge in [0.15, 0.2) is 0 Å². The highest BCUT2D eigenvalue weighted by molar-refractivity contribution is 7.92. The van der Waals surface area contributed by atoms with Crippen molar-refractivity contribution in [1.82, 2.24) is 0 Å². The van der Waals surface area contributed by atoms with Crippen molar-refractivity contribution in [3.8, 4) is 10.4 Å². The van der Waals surface area contributed by atoms with E-state index in [0.29, 0.717) is 11.3 Å². The molecule has 0 saturated heterocycles. The minimum atomic E-state index is -3.74. The van der Waals surface area contributed by atoms with Gasteiger partial charge in [0.25, 0.3) is 10.0 Å². The third-order valence-corrected chi connectivity index (χ3v) is 5.86. The van der Waals surface area contributed by atoms with Crippen molar-refractivity contribution in [2.45, 2.75) is 11.8 Å². The fourth-order valence-corrected chi connectivity index (χ4v) is 4.46. The molecule has 0 aliphatic heterocycles. The van der Waals surface area contributed by atoms with Crippen LogP contribution in [0.1, 0.15) is 5.56 Å². The first kappa shape index (κ1) is 15.7. The Morgan fingerprint density at radius 1 is 1.04 bits per heavy atom. The van der Waals surface area contributed by atoms with E-state index in [9.17, 15) is 12.8 Å². The van der Waals surface area contributed by atoms with Crippen molar-refractivity contribution >= 4 is 27.0 Å². The van der Waals surface area contributed by atoms with E-state index in [2.05, 4.69) is 4.72 Å². The molecule has 0 radical (unpaired) electrons. The molecule has 0 spiro atoms. The zero-order valence-electron chi connectivity index (χ0n) is 12.3. The minimum Gasteiger partial charge on any atom is -0.279 e. The molecule has 1 N–H and O–H groups in total. The van der Waals surface area contributed by atoms with Crippen LogP contribution in [0.15, 0.2) is 64.9 Å². The lowest BCUT2D eigenvalue weighted by molar-refractivity contribution is 0.598. The molecular formula is C17H14FNO2S2. The molecule has 6 heteroatoms. The summed E-state index contributed by atoms with van der Waals surface area (Å²) in [6.45, 7) is 1.57. The Hall–Kier alpha value is -2.18. The first-order chi connectivity index (χ1) is 11.0. The molecule has 3 aromatic rings. The standard InChI is InChI=1S/C17H14FNO2S2/c1-12-9-14(18)7-8-17(12)23(20,21)19-15-10-16(22-11-15)13-5-3-2-4-6-13/h2-11,19H,1H3. The molecule has 3 rings (SSSR count). The monoisotopic (exact) mass is 347 g/mol. The van der Waals surface area contributed by atoms with Crippen molar-refractivity contribution in [3.63, 3.8) is 0 Å². The number of sulfonamides is 1. The third kappa shape index (κ3) is 3.43. The van der Waals surface area contributed by atoms with Crippen molar-refractivity contribution in [2.75, 3.05) is 4.72 Å². The van der Waals surface area contributed by atoms with Gasteiger partial charge in [0, 0.05) is 10.3 Å². The number of hydrogen-bond donors (Lipinski definition) is 1. The van der Waals surface area contributed by atoms with Crippen LogP contribution in [-0.4, -0.2) is 8.42 Å². The molecule has 1 aromatic heterocycles. The summed E-state index contributed by atoms with van der Waals surface area (Å²) in [5.74, 6) is -0.455. The van der Waals surface area contributed by atoms with Gasteiger partial charge in [-0.15, -0.1) is 11.3 Å². The maximum atomic E-state index is 13.1. The number of nitrogens with one attached hydrogen (secondary N) is 1. The summed E-state index contributed by atoms with van der Waals surface area (Å²) in [5, 5.41) is 1.75. The topological polar surface area (TPSA) is 46.2 Å². The van der Waals surface area contributed by atoms with Gasteiger partial charge in [-0.1, -0.05) is 30.3 Å². The molecule has 0 amide bonds. The van der Waals surface area contributed by atoms with Crippen LogP contribution in [0.25, 0.3) is 10.4 Å². The summed E-state index contributed by atoms with van der Waals surface area (Å²) in [7, 11) is -3.74. The molecule has 0 bridgehead atoms. The van der Waals surface area contributed by atoms with E-state index in [-0.39, 0.29) is 4.90 Å². The van der Waals surface area contributed by atoms with Crippen LogP contribution in [0.4, 0.5) is 10.1 Å². The van der Waals surface area contributed by atoms with Crippen LogP contribution in [0, 0.1) is 12.7 Å². The van der Waals surface area contributed by atoms with Gasteiger partial charge in [0.2, 0.25) is 0 Å². The molecule has 0 fully saturated rings. The zero-order valence-corrected chi connectivity index (χ0v) is 13.9. The highest BCUT2D eigenvalue weighted by atomic mass is 32.2. The normalized spacial score (nSPS) is 11.4. The highest BCUT2D eigenvalue weighted by Gasteiger charge is 2.18. The number of hydrogen-bond acceptors (Lipinski definition) is 3. The molecule has 0 saturated carbocycles. The Kier molecular flexibility index (Phi) is 4.19. The Morgan fingerprint density at radius 2 is 1.78 bits per heavy atom. The maximum Gasteiger partial charge on any atom is 0.262 e. The summed E-state index contributed by atoms with van der Waals surface area (Å²) in [5.41, 5.74) is 1.90. The van der Waals surface area contributed by atoms with Gasteiger partial charge in [-0.25, -0.2) is 12.8 Å². The first-order valence-electron chi connectivity index (χ1n) is 6.89. The second-order valence-corrected chi connectivity index (χ2v) is 7.64. The van der Waals surface area contributed by atoms with Gasteiger partial charge in [-0.3, -0.25) is 4.72 Å². The Morgan fingerprint density at radius 3 is 2.48 bits per heavy atom. The molecule has 0 atom stereocenters. The van der Waals surface area contributed by atoms with E-state index in [1.807, 2.05) is 30.3 Å². The largest absolute Gasteiger partial charge is 0.279 e. The van der Waals surface area contributed by atoms with Crippen molar-refractivity contribution in [2.24, 2.45) is 0 Å². The van der Waals surface area contributed by atoms with E-state index in [1.54, 1.807) is 18.4 Å². The fraction of sp³-hybridized carbons (Fsp3) is 0.0588. The van der Waals surface area contributed by atoms with E-state index in [4.69, 9.17) is 0 Å². The molecule has 3 nitrogen and oxygen atoms in total. The molecule has 0 unspecified atom stereocenters. The number of anilines is 1. The van der Waals surface area contributed by atoms with Gasteiger partial charge in [-0.05, 0) is 42.3 Å². The molecule has 1 heterocycles. The molecule has 23 heavy (non-hydrogen) atoms. The lowest BCUT2D eigenvalue weighted by Gasteiger charge is -2.09. The summed E-state index contributed by atoms with van der Waals surface area (Å²) >= 11 is 1.46. The van der Waals surface area contributed by atoms with E-state index >= 15 is 0 Å². The van der Waals surface area contributed by atoms with E-state index < -0.39 is 15.8 Å². The number of rotatable bonds is 4. The van der Waals surface area contributed by atoms with Crippen LogP contribution in [-0.2, 0) is 10.0 Å². The third-order valence-electron chi connectivity index (χ3n) is 3.34. The lowest BCUT2D eigenvalue weighted by atomic mass is 10.2. The van der Waals surface area contributed by atoms with Crippen LogP contribution >= 0.6 is 11.3 Å². The minimum absolute atomic E-state index is 0.0753. The second-order valence-electron chi connectivity index (χ2n) is 5.08. The van der Waals surface area contributed by atoms with Crippen LogP contribution in [0.3, 0.4) is 0 Å². The highest BCUT2D eigenvalue weighted by Crippen LogP contribution is 2.31. The number of thiophene rings is 1. The zero-order chi connectivity index (χ0) is 16.4. The predicted octanol–water partition coefficient (Wildman–Crippen LogP) is 4.66. The lowest BCUT2D eigenvalue weighted by Crippen LogP contribution is -2.13. The number of aryl methyl sites for hydroxylation is 1. The average molecular weight is 347 g/mol. The molecular weight excluding hydrogens is 333 g/mol. The van der Waals surface area contributed by atoms with Gasteiger partial charge < -0.3 is 0 Å².